The van der Waals surface area contributed by atoms with Gasteiger partial charge in [-0.3, -0.25) is 4.79 Å². The number of amides is 1. The van der Waals surface area contributed by atoms with Crippen LogP contribution in [0, 0.1) is 0 Å². The summed E-state index contributed by atoms with van der Waals surface area (Å²) >= 11 is 0. The van der Waals surface area contributed by atoms with Crippen molar-refractivity contribution in [2.75, 3.05) is 13.1 Å². The van der Waals surface area contributed by atoms with E-state index in [1.54, 1.807) is 0 Å². The van der Waals surface area contributed by atoms with Crippen LogP contribution >= 0.6 is 12.4 Å². The normalized spacial score (nSPS) is 15.4. The van der Waals surface area contributed by atoms with Crippen LogP contribution in [0.2, 0.25) is 0 Å². The van der Waals surface area contributed by atoms with Gasteiger partial charge in [0, 0.05) is 13.1 Å². The zero-order valence-corrected chi connectivity index (χ0v) is 12.5. The Kier molecular flexibility index (Phi) is 6.32. The summed E-state index contributed by atoms with van der Waals surface area (Å²) in [5, 5.41) is 3.26. The smallest absolute Gasteiger partial charge is 0.239 e. The molecule has 1 atom stereocenters. The molecule has 0 aliphatic carbocycles. The van der Waals surface area contributed by atoms with Crippen LogP contribution in [0.25, 0.3) is 0 Å². The van der Waals surface area contributed by atoms with Gasteiger partial charge in [0.15, 0.2) is 0 Å². The number of rotatable bonds is 4. The Morgan fingerprint density at radius 1 is 1.37 bits per heavy atom. The molecule has 1 aliphatic heterocycles. The molecule has 1 aliphatic rings. The quantitative estimate of drug-likeness (QED) is 0.920. The maximum atomic E-state index is 12.3. The van der Waals surface area contributed by atoms with Crippen LogP contribution in [0.4, 0.5) is 0 Å². The van der Waals surface area contributed by atoms with Gasteiger partial charge in [0.1, 0.15) is 0 Å². The summed E-state index contributed by atoms with van der Waals surface area (Å²) in [6.45, 7) is 6.57. The number of fused-ring (bicyclic) bond motifs is 1. The Morgan fingerprint density at radius 2 is 2.05 bits per heavy atom. The standard InChI is InChI=1S/C15H22N2O.ClH/c1-3-9-16-12(2)15(18)17-10-8-13-6-4-5-7-14(13)11-17;/h4-7,12,16H,3,8-11H2,1-2H3;1H. The second-order valence-corrected chi connectivity index (χ2v) is 4.95. The van der Waals surface area contributed by atoms with Gasteiger partial charge in [-0.25, -0.2) is 0 Å². The monoisotopic (exact) mass is 282 g/mol. The van der Waals surface area contributed by atoms with E-state index in [1.807, 2.05) is 17.9 Å². The minimum absolute atomic E-state index is 0. The van der Waals surface area contributed by atoms with Gasteiger partial charge in [0.05, 0.1) is 6.04 Å². The molecule has 1 aromatic carbocycles. The average Bonchev–Trinajstić information content (AvgIpc) is 2.43. The van der Waals surface area contributed by atoms with Crippen LogP contribution in [-0.2, 0) is 17.8 Å². The molecule has 2 rings (SSSR count). The zero-order chi connectivity index (χ0) is 13.0. The fourth-order valence-corrected chi connectivity index (χ4v) is 2.41. The molecule has 3 nitrogen and oxygen atoms in total. The van der Waals surface area contributed by atoms with Crippen molar-refractivity contribution in [3.63, 3.8) is 0 Å². The predicted molar refractivity (Wildman–Crippen MR) is 80.6 cm³/mol. The Bertz CT molecular complexity index is 422. The second-order valence-electron chi connectivity index (χ2n) is 4.95. The minimum Gasteiger partial charge on any atom is -0.337 e. The van der Waals surface area contributed by atoms with Gasteiger partial charge in [0.25, 0.3) is 0 Å². The van der Waals surface area contributed by atoms with Crippen molar-refractivity contribution in [2.45, 2.75) is 39.3 Å². The molecule has 1 N–H and O–H groups in total. The van der Waals surface area contributed by atoms with Gasteiger partial charge < -0.3 is 10.2 Å². The highest BCUT2D eigenvalue weighted by Crippen LogP contribution is 2.18. The molecule has 0 saturated heterocycles. The van der Waals surface area contributed by atoms with E-state index in [9.17, 15) is 4.79 Å². The van der Waals surface area contributed by atoms with Gasteiger partial charge in [0.2, 0.25) is 5.91 Å². The van der Waals surface area contributed by atoms with Gasteiger partial charge in [-0.15, -0.1) is 12.4 Å². The number of benzene rings is 1. The third-order valence-corrected chi connectivity index (χ3v) is 3.51. The average molecular weight is 283 g/mol. The molecule has 4 heteroatoms. The topological polar surface area (TPSA) is 32.3 Å². The van der Waals surface area contributed by atoms with E-state index in [2.05, 4.69) is 30.4 Å². The first-order chi connectivity index (χ1) is 8.72. The van der Waals surface area contributed by atoms with Crippen molar-refractivity contribution in [3.05, 3.63) is 35.4 Å². The zero-order valence-electron chi connectivity index (χ0n) is 11.7. The molecule has 1 aromatic rings. The maximum Gasteiger partial charge on any atom is 0.239 e. The van der Waals surface area contributed by atoms with E-state index in [0.29, 0.717) is 0 Å². The summed E-state index contributed by atoms with van der Waals surface area (Å²) in [7, 11) is 0. The molecule has 0 bridgehead atoms. The Morgan fingerprint density at radius 3 is 2.74 bits per heavy atom. The Hall–Kier alpha value is -1.06. The molecule has 1 heterocycles. The fraction of sp³-hybridized carbons (Fsp3) is 0.533. The largest absolute Gasteiger partial charge is 0.337 e. The lowest BCUT2D eigenvalue weighted by Gasteiger charge is -2.31. The molecule has 0 radical (unpaired) electrons. The van der Waals surface area contributed by atoms with E-state index in [1.165, 1.54) is 11.1 Å². The van der Waals surface area contributed by atoms with E-state index >= 15 is 0 Å². The molecule has 0 aromatic heterocycles. The molecule has 0 fully saturated rings. The van der Waals surface area contributed by atoms with Gasteiger partial charge in [-0.05, 0) is 37.4 Å². The summed E-state index contributed by atoms with van der Waals surface area (Å²) < 4.78 is 0. The first-order valence-corrected chi connectivity index (χ1v) is 6.81. The molecule has 19 heavy (non-hydrogen) atoms. The highest BCUT2D eigenvalue weighted by atomic mass is 35.5. The van der Waals surface area contributed by atoms with E-state index < -0.39 is 0 Å². The van der Waals surface area contributed by atoms with E-state index in [-0.39, 0.29) is 24.4 Å². The molecule has 106 valence electrons. The number of nitrogens with zero attached hydrogens (tertiary/aromatic N) is 1. The molecule has 0 saturated carbocycles. The molecular weight excluding hydrogens is 260 g/mol. The van der Waals surface area contributed by atoms with Crippen molar-refractivity contribution in [3.8, 4) is 0 Å². The first kappa shape index (κ1) is 16.0. The maximum absolute atomic E-state index is 12.3. The second kappa shape index (κ2) is 7.51. The molecule has 0 spiro atoms. The number of hydrogen-bond acceptors (Lipinski definition) is 2. The van der Waals surface area contributed by atoms with Crippen LogP contribution < -0.4 is 5.32 Å². The summed E-state index contributed by atoms with van der Waals surface area (Å²) in [6.07, 6.45) is 2.03. The fourth-order valence-electron chi connectivity index (χ4n) is 2.41. The van der Waals surface area contributed by atoms with Gasteiger partial charge >= 0.3 is 0 Å². The van der Waals surface area contributed by atoms with Gasteiger partial charge in [-0.2, -0.15) is 0 Å². The summed E-state index contributed by atoms with van der Waals surface area (Å²) in [4.78, 5) is 14.2. The lowest BCUT2D eigenvalue weighted by atomic mass is 9.99. The van der Waals surface area contributed by atoms with Gasteiger partial charge in [-0.1, -0.05) is 31.2 Å². The minimum atomic E-state index is -0.0739. The third kappa shape index (κ3) is 3.95. The number of halogens is 1. The number of nitrogens with one attached hydrogen (secondary N) is 1. The van der Waals surface area contributed by atoms with Crippen molar-refractivity contribution in [1.82, 2.24) is 10.2 Å². The third-order valence-electron chi connectivity index (χ3n) is 3.51. The highest BCUT2D eigenvalue weighted by Gasteiger charge is 2.23. The summed E-state index contributed by atoms with van der Waals surface area (Å²) in [5.74, 6) is 0.220. The molecular formula is C15H23ClN2O. The Labute approximate surface area is 121 Å². The van der Waals surface area contributed by atoms with Crippen molar-refractivity contribution in [1.29, 1.82) is 0 Å². The lowest BCUT2D eigenvalue weighted by Crippen LogP contribution is -2.46. The van der Waals surface area contributed by atoms with Crippen LogP contribution in [0.15, 0.2) is 24.3 Å². The van der Waals surface area contributed by atoms with Crippen LogP contribution in [0.1, 0.15) is 31.4 Å². The predicted octanol–water partition coefficient (Wildman–Crippen LogP) is 2.38. The number of carbonyl (C=O) groups excluding carboxylic acids is 1. The number of carbonyl (C=O) groups is 1. The number of hydrogen-bond donors (Lipinski definition) is 1. The first-order valence-electron chi connectivity index (χ1n) is 6.81. The SMILES string of the molecule is CCCNC(C)C(=O)N1CCc2ccccc2C1.Cl. The van der Waals surface area contributed by atoms with Crippen LogP contribution in [-0.4, -0.2) is 29.9 Å². The van der Waals surface area contributed by atoms with Crippen molar-refractivity contribution < 1.29 is 4.79 Å². The molecule has 1 amide bonds. The highest BCUT2D eigenvalue weighted by molar-refractivity contribution is 5.85. The van der Waals surface area contributed by atoms with Crippen LogP contribution in [0.3, 0.4) is 0 Å². The lowest BCUT2D eigenvalue weighted by molar-refractivity contribution is -0.133. The van der Waals surface area contributed by atoms with E-state index in [0.717, 1.165) is 32.5 Å². The Balaban J connectivity index is 0.00000180. The van der Waals surface area contributed by atoms with E-state index in [4.69, 9.17) is 0 Å². The summed E-state index contributed by atoms with van der Waals surface area (Å²) in [5.41, 5.74) is 2.68. The molecule has 1 unspecified atom stereocenters. The van der Waals surface area contributed by atoms with Crippen molar-refractivity contribution in [2.24, 2.45) is 0 Å². The van der Waals surface area contributed by atoms with Crippen LogP contribution in [0.5, 0.6) is 0 Å². The summed E-state index contributed by atoms with van der Waals surface area (Å²) in [6, 6.07) is 8.33. The van der Waals surface area contributed by atoms with Crippen molar-refractivity contribution >= 4 is 18.3 Å².